The van der Waals surface area contributed by atoms with Gasteiger partial charge in [-0.15, -0.1) is 0 Å². The Labute approximate surface area is 150 Å². The third-order valence-electron chi connectivity index (χ3n) is 3.56. The van der Waals surface area contributed by atoms with E-state index in [4.69, 9.17) is 9.15 Å². The van der Waals surface area contributed by atoms with Crippen molar-refractivity contribution < 1.29 is 18.7 Å². The van der Waals surface area contributed by atoms with E-state index in [9.17, 15) is 9.59 Å². The van der Waals surface area contributed by atoms with Crippen molar-refractivity contribution in [3.05, 3.63) is 78.8 Å². The number of rotatable bonds is 6. The maximum atomic E-state index is 12.3. The largest absolute Gasteiger partial charge is 0.481 e. The first-order valence-electron chi connectivity index (χ1n) is 8.09. The van der Waals surface area contributed by atoms with E-state index in [0.29, 0.717) is 17.1 Å². The highest BCUT2D eigenvalue weighted by molar-refractivity contribution is 6.02. The van der Waals surface area contributed by atoms with Gasteiger partial charge in [0.25, 0.3) is 11.8 Å². The molecule has 1 atom stereocenters. The Hall–Kier alpha value is -3.54. The lowest BCUT2D eigenvalue weighted by Gasteiger charge is -2.15. The fourth-order valence-corrected chi connectivity index (χ4v) is 2.28. The Morgan fingerprint density at radius 2 is 1.65 bits per heavy atom. The van der Waals surface area contributed by atoms with E-state index in [1.165, 1.54) is 6.26 Å². The van der Waals surface area contributed by atoms with Gasteiger partial charge in [-0.2, -0.15) is 0 Å². The van der Waals surface area contributed by atoms with Crippen molar-refractivity contribution in [2.24, 2.45) is 0 Å². The lowest BCUT2D eigenvalue weighted by molar-refractivity contribution is -0.122. The molecule has 1 aromatic heterocycles. The molecule has 0 saturated carbocycles. The highest BCUT2D eigenvalue weighted by atomic mass is 16.5. The SMILES string of the molecule is C[C@H](Oc1ccccc1)C(=O)Nc1cccc(NC(=O)c2ccco2)c1. The zero-order valence-electron chi connectivity index (χ0n) is 14.1. The van der Waals surface area contributed by atoms with Crippen LogP contribution in [0.1, 0.15) is 17.5 Å². The smallest absolute Gasteiger partial charge is 0.291 e. The average molecular weight is 350 g/mol. The van der Waals surface area contributed by atoms with Crippen molar-refractivity contribution >= 4 is 23.2 Å². The first-order valence-corrected chi connectivity index (χ1v) is 8.09. The second-order valence-electron chi connectivity index (χ2n) is 5.57. The molecule has 3 aromatic rings. The maximum absolute atomic E-state index is 12.3. The number of furan rings is 1. The summed E-state index contributed by atoms with van der Waals surface area (Å²) in [5.74, 6) is 0.182. The first-order chi connectivity index (χ1) is 12.6. The standard InChI is InChI=1S/C20H18N2O4/c1-14(26-17-9-3-2-4-10-17)19(23)21-15-7-5-8-16(13-15)22-20(24)18-11-6-12-25-18/h2-14H,1H3,(H,21,23)(H,22,24)/t14-/m0/s1. The van der Waals surface area contributed by atoms with Crippen molar-refractivity contribution in [2.45, 2.75) is 13.0 Å². The highest BCUT2D eigenvalue weighted by Crippen LogP contribution is 2.17. The summed E-state index contributed by atoms with van der Waals surface area (Å²) in [4.78, 5) is 24.3. The van der Waals surface area contributed by atoms with Gasteiger partial charge in [0.2, 0.25) is 0 Å². The molecule has 0 aliphatic heterocycles. The van der Waals surface area contributed by atoms with Crippen LogP contribution < -0.4 is 15.4 Å². The summed E-state index contributed by atoms with van der Waals surface area (Å²) < 4.78 is 10.6. The summed E-state index contributed by atoms with van der Waals surface area (Å²) in [5, 5.41) is 5.48. The number of benzene rings is 2. The molecule has 0 aliphatic carbocycles. The first kappa shape index (κ1) is 17.3. The average Bonchev–Trinajstić information content (AvgIpc) is 3.17. The molecule has 2 aromatic carbocycles. The quantitative estimate of drug-likeness (QED) is 0.706. The van der Waals surface area contributed by atoms with Crippen LogP contribution in [0.25, 0.3) is 0 Å². The molecule has 0 bridgehead atoms. The molecular weight excluding hydrogens is 332 g/mol. The number of carbonyl (C=O) groups is 2. The van der Waals surface area contributed by atoms with Gasteiger partial charge in [0, 0.05) is 11.4 Å². The Morgan fingerprint density at radius 1 is 0.923 bits per heavy atom. The third kappa shape index (κ3) is 4.51. The maximum Gasteiger partial charge on any atom is 0.291 e. The van der Waals surface area contributed by atoms with Gasteiger partial charge in [-0.05, 0) is 49.4 Å². The van der Waals surface area contributed by atoms with Crippen molar-refractivity contribution in [1.29, 1.82) is 0 Å². The molecule has 6 heteroatoms. The predicted molar refractivity (Wildman–Crippen MR) is 98.3 cm³/mol. The molecule has 0 unspecified atom stereocenters. The van der Waals surface area contributed by atoms with Crippen LogP contribution in [0, 0.1) is 0 Å². The van der Waals surface area contributed by atoms with Gasteiger partial charge in [-0.25, -0.2) is 0 Å². The van der Waals surface area contributed by atoms with Crippen LogP contribution in [0.5, 0.6) is 5.75 Å². The van der Waals surface area contributed by atoms with E-state index in [0.717, 1.165) is 0 Å². The summed E-state index contributed by atoms with van der Waals surface area (Å²) in [5.41, 5.74) is 1.09. The Morgan fingerprint density at radius 3 is 2.35 bits per heavy atom. The van der Waals surface area contributed by atoms with E-state index in [2.05, 4.69) is 10.6 Å². The highest BCUT2D eigenvalue weighted by Gasteiger charge is 2.15. The molecular formula is C20H18N2O4. The Kier molecular flexibility index (Phi) is 5.34. The summed E-state index contributed by atoms with van der Waals surface area (Å²) >= 11 is 0. The Bertz CT molecular complexity index is 876. The fourth-order valence-electron chi connectivity index (χ4n) is 2.28. The van der Waals surface area contributed by atoms with Crippen molar-refractivity contribution in [1.82, 2.24) is 0 Å². The van der Waals surface area contributed by atoms with Crippen LogP contribution >= 0.6 is 0 Å². The van der Waals surface area contributed by atoms with Crippen molar-refractivity contribution in [3.8, 4) is 5.75 Å². The molecule has 3 rings (SSSR count). The van der Waals surface area contributed by atoms with Gasteiger partial charge in [-0.1, -0.05) is 24.3 Å². The molecule has 0 aliphatic rings. The number of hydrogen-bond acceptors (Lipinski definition) is 4. The zero-order valence-corrected chi connectivity index (χ0v) is 14.1. The van der Waals surface area contributed by atoms with Crippen LogP contribution in [-0.2, 0) is 4.79 Å². The number of anilines is 2. The number of nitrogens with one attached hydrogen (secondary N) is 2. The molecule has 132 valence electrons. The molecule has 26 heavy (non-hydrogen) atoms. The normalized spacial score (nSPS) is 11.4. The summed E-state index contributed by atoms with van der Waals surface area (Å²) in [6.07, 6.45) is 0.762. The zero-order chi connectivity index (χ0) is 18.4. The number of para-hydroxylation sites is 1. The molecule has 0 spiro atoms. The lowest BCUT2D eigenvalue weighted by Crippen LogP contribution is -2.30. The third-order valence-corrected chi connectivity index (χ3v) is 3.56. The van der Waals surface area contributed by atoms with Crippen LogP contribution in [0.3, 0.4) is 0 Å². The summed E-state index contributed by atoms with van der Waals surface area (Å²) in [6.45, 7) is 1.67. The second-order valence-corrected chi connectivity index (χ2v) is 5.57. The minimum Gasteiger partial charge on any atom is -0.481 e. The topological polar surface area (TPSA) is 80.6 Å². The van der Waals surface area contributed by atoms with Gasteiger partial charge in [0.1, 0.15) is 5.75 Å². The lowest BCUT2D eigenvalue weighted by atomic mass is 10.2. The minimum absolute atomic E-state index is 0.212. The second kappa shape index (κ2) is 8.02. The number of ether oxygens (including phenoxy) is 1. The fraction of sp³-hybridized carbons (Fsp3) is 0.100. The Balaban J connectivity index is 1.61. The van der Waals surface area contributed by atoms with Gasteiger partial charge >= 0.3 is 0 Å². The van der Waals surface area contributed by atoms with Gasteiger partial charge in [0.15, 0.2) is 11.9 Å². The molecule has 1 heterocycles. The van der Waals surface area contributed by atoms with Crippen LogP contribution in [-0.4, -0.2) is 17.9 Å². The molecule has 0 fully saturated rings. The van der Waals surface area contributed by atoms with Gasteiger partial charge in [-0.3, -0.25) is 9.59 Å². The predicted octanol–water partition coefficient (Wildman–Crippen LogP) is 3.94. The minimum atomic E-state index is -0.668. The molecule has 2 amide bonds. The van der Waals surface area contributed by atoms with Crippen molar-refractivity contribution in [3.63, 3.8) is 0 Å². The van der Waals surface area contributed by atoms with E-state index >= 15 is 0 Å². The molecule has 0 radical (unpaired) electrons. The van der Waals surface area contributed by atoms with Gasteiger partial charge < -0.3 is 19.8 Å². The van der Waals surface area contributed by atoms with E-state index < -0.39 is 6.10 Å². The molecule has 2 N–H and O–H groups in total. The molecule has 0 saturated heterocycles. The van der Waals surface area contributed by atoms with Crippen LogP contribution in [0.4, 0.5) is 11.4 Å². The van der Waals surface area contributed by atoms with Crippen LogP contribution in [0.2, 0.25) is 0 Å². The van der Waals surface area contributed by atoms with Crippen molar-refractivity contribution in [2.75, 3.05) is 10.6 Å². The number of amides is 2. The number of carbonyl (C=O) groups excluding carboxylic acids is 2. The summed E-state index contributed by atoms with van der Waals surface area (Å²) in [6, 6.07) is 19.2. The van der Waals surface area contributed by atoms with E-state index in [1.807, 2.05) is 18.2 Å². The van der Waals surface area contributed by atoms with E-state index in [1.54, 1.807) is 55.5 Å². The monoisotopic (exact) mass is 350 g/mol. The van der Waals surface area contributed by atoms with Crippen LogP contribution in [0.15, 0.2) is 77.4 Å². The number of hydrogen-bond donors (Lipinski definition) is 2. The van der Waals surface area contributed by atoms with Gasteiger partial charge in [0.05, 0.1) is 6.26 Å². The van der Waals surface area contributed by atoms with E-state index in [-0.39, 0.29) is 17.6 Å². The molecule has 6 nitrogen and oxygen atoms in total. The summed E-state index contributed by atoms with van der Waals surface area (Å²) in [7, 11) is 0.